The molecule has 13 heteroatoms. The number of aryl methyl sites for hydroxylation is 1. The maximum absolute atomic E-state index is 11.5. The van der Waals surface area contributed by atoms with Gasteiger partial charge >= 0.3 is 17.8 Å². The van der Waals surface area contributed by atoms with Crippen molar-refractivity contribution in [2.45, 2.75) is 40.3 Å². The summed E-state index contributed by atoms with van der Waals surface area (Å²) in [6.07, 6.45) is 11.4. The van der Waals surface area contributed by atoms with Crippen LogP contribution >= 0.6 is 0 Å². The van der Waals surface area contributed by atoms with Crippen LogP contribution < -0.4 is 66.6 Å². The standard InChI is InChI=1S/C17H21N2O4.C14H14N3O2.2HI/c1-3-22-17(21)15-5-7-16(8-6-15)23-12-4-9-18-10-11-19(13-18)14(2)20;1-12(18)17-7-6-16(11-17)8-9-19-14-4-2-13(10-15)3-5-14;;/h5-8,10-11,13H,3-4,9,12H2,1-2H3;2-7,11H,8-9H2,1H3;2*1H/q2*+1;;/p-2. The topological polar surface area (TPSA) is 120 Å². The zero-order valence-electron chi connectivity index (χ0n) is 24.8. The molecule has 2 heterocycles. The predicted molar refractivity (Wildman–Crippen MR) is 151 cm³/mol. The molecule has 44 heavy (non-hydrogen) atoms. The maximum atomic E-state index is 11.5. The third-order valence-corrected chi connectivity index (χ3v) is 5.91. The number of rotatable bonds is 11. The van der Waals surface area contributed by atoms with E-state index < -0.39 is 0 Å². The molecule has 0 aliphatic rings. The number of ether oxygens (including phenoxy) is 3. The zero-order valence-corrected chi connectivity index (χ0v) is 29.1. The molecule has 0 radical (unpaired) electrons. The Bertz CT molecular complexity index is 1510. The summed E-state index contributed by atoms with van der Waals surface area (Å²) >= 11 is 0. The Hall–Kier alpha value is -3.78. The van der Waals surface area contributed by atoms with E-state index in [-0.39, 0.29) is 65.7 Å². The molecule has 0 amide bonds. The Balaban J connectivity index is 0.000000427. The van der Waals surface area contributed by atoms with Crippen molar-refractivity contribution in [3.63, 3.8) is 0 Å². The lowest BCUT2D eigenvalue weighted by molar-refractivity contribution is -0.572. The van der Waals surface area contributed by atoms with Gasteiger partial charge in [-0.05, 0) is 55.5 Å². The lowest BCUT2D eigenvalue weighted by Crippen LogP contribution is -3.00. The highest BCUT2D eigenvalue weighted by Crippen LogP contribution is 2.13. The van der Waals surface area contributed by atoms with Gasteiger partial charge in [-0.15, -0.1) is 0 Å². The van der Waals surface area contributed by atoms with Crippen LogP contribution in [-0.2, 0) is 17.8 Å². The smallest absolute Gasteiger partial charge is 0.338 e. The van der Waals surface area contributed by atoms with Crippen molar-refractivity contribution in [2.75, 3.05) is 19.8 Å². The fraction of sp³-hybridized carbons (Fsp3) is 0.290. The summed E-state index contributed by atoms with van der Waals surface area (Å²) in [6.45, 7) is 7.64. The molecular formula is C31H35I2N5O6. The number of halogens is 2. The molecule has 0 saturated heterocycles. The molecular weight excluding hydrogens is 792 g/mol. The van der Waals surface area contributed by atoms with Gasteiger partial charge in [-0.25, -0.2) is 23.5 Å². The number of nitriles is 1. The van der Waals surface area contributed by atoms with E-state index >= 15 is 0 Å². The van der Waals surface area contributed by atoms with Gasteiger partial charge in [0.05, 0.1) is 37.0 Å². The van der Waals surface area contributed by atoms with Crippen molar-refractivity contribution < 1.29 is 85.7 Å². The van der Waals surface area contributed by atoms with E-state index in [0.29, 0.717) is 43.2 Å². The van der Waals surface area contributed by atoms with E-state index in [4.69, 9.17) is 19.5 Å². The number of nitrogens with zero attached hydrogens (tertiary/aromatic N) is 5. The van der Waals surface area contributed by atoms with Gasteiger partial charge in [0.25, 0.3) is 12.7 Å². The highest BCUT2D eigenvalue weighted by atomic mass is 127. The molecule has 0 saturated carbocycles. The Labute approximate surface area is 291 Å². The van der Waals surface area contributed by atoms with Gasteiger partial charge in [-0.3, -0.25) is 0 Å². The van der Waals surface area contributed by atoms with Crippen molar-refractivity contribution in [2.24, 2.45) is 0 Å². The van der Waals surface area contributed by atoms with Gasteiger partial charge in [-0.1, -0.05) is 0 Å². The van der Waals surface area contributed by atoms with Crippen LogP contribution in [0.25, 0.3) is 0 Å². The van der Waals surface area contributed by atoms with E-state index in [1.807, 2.05) is 21.5 Å². The molecule has 0 N–H and O–H groups in total. The third-order valence-electron chi connectivity index (χ3n) is 5.91. The first-order valence-electron chi connectivity index (χ1n) is 13.5. The van der Waals surface area contributed by atoms with Crippen LogP contribution in [0.4, 0.5) is 0 Å². The molecule has 0 aliphatic carbocycles. The van der Waals surface area contributed by atoms with E-state index in [1.165, 1.54) is 23.0 Å². The number of hydrogen-bond donors (Lipinski definition) is 0. The van der Waals surface area contributed by atoms with Crippen molar-refractivity contribution >= 4 is 17.8 Å². The Morgan fingerprint density at radius 1 is 0.773 bits per heavy atom. The first-order valence-corrected chi connectivity index (χ1v) is 13.5. The second-order valence-corrected chi connectivity index (χ2v) is 9.09. The summed E-state index contributed by atoms with van der Waals surface area (Å²) < 4.78 is 23.0. The normalized spacial score (nSPS) is 9.68. The molecule has 0 bridgehead atoms. The molecule has 0 unspecified atom stereocenters. The molecule has 0 spiro atoms. The monoisotopic (exact) mass is 827 g/mol. The van der Waals surface area contributed by atoms with Crippen molar-refractivity contribution in [1.29, 1.82) is 5.26 Å². The number of esters is 1. The molecule has 2 aromatic heterocycles. The Morgan fingerprint density at radius 2 is 1.27 bits per heavy atom. The molecule has 4 aromatic rings. The van der Waals surface area contributed by atoms with E-state index in [1.54, 1.807) is 80.5 Å². The van der Waals surface area contributed by atoms with E-state index in [2.05, 4.69) is 6.07 Å². The highest BCUT2D eigenvalue weighted by molar-refractivity contribution is 5.89. The minimum absolute atomic E-state index is 0. The van der Waals surface area contributed by atoms with Crippen LogP contribution in [0, 0.1) is 11.3 Å². The summed E-state index contributed by atoms with van der Waals surface area (Å²) in [5.74, 6) is 1.08. The minimum atomic E-state index is -0.328. The molecule has 0 aliphatic heterocycles. The van der Waals surface area contributed by atoms with Crippen LogP contribution in [0.15, 0.2) is 86.0 Å². The van der Waals surface area contributed by atoms with Crippen LogP contribution in [0.1, 0.15) is 52.7 Å². The number of carbonyl (C=O) groups is 3. The van der Waals surface area contributed by atoms with Gasteiger partial charge in [0.2, 0.25) is 0 Å². The van der Waals surface area contributed by atoms with Crippen molar-refractivity contribution in [3.8, 4) is 17.6 Å². The van der Waals surface area contributed by atoms with Gasteiger partial charge in [0.15, 0.2) is 0 Å². The summed E-state index contributed by atoms with van der Waals surface area (Å²) in [5, 5.41) is 8.68. The highest BCUT2D eigenvalue weighted by Gasteiger charge is 2.09. The predicted octanol–water partition coefficient (Wildman–Crippen LogP) is -2.52. The first-order chi connectivity index (χ1) is 20.3. The maximum Gasteiger partial charge on any atom is 0.338 e. The second-order valence-electron chi connectivity index (χ2n) is 9.09. The number of imidazole rings is 2. The Morgan fingerprint density at radius 3 is 1.75 bits per heavy atom. The van der Waals surface area contributed by atoms with Crippen LogP contribution in [0.3, 0.4) is 0 Å². The average Bonchev–Trinajstić information content (AvgIpc) is 3.67. The lowest BCUT2D eigenvalue weighted by Gasteiger charge is -2.06. The SMILES string of the molecule is CC(=O)[n+]1ccn(CCOc2ccc(C#N)cc2)c1.CCOC(=O)c1ccc(OCCCn2cc[n+](C(C)=O)c2)cc1.[I-].[I-]. The third kappa shape index (κ3) is 12.8. The largest absolute Gasteiger partial charge is 1.00 e. The van der Waals surface area contributed by atoms with Crippen LogP contribution in [0.2, 0.25) is 0 Å². The molecule has 0 fully saturated rings. The number of hydrogen-bond acceptors (Lipinski definition) is 7. The summed E-state index contributed by atoms with van der Waals surface area (Å²) in [6, 6.07) is 15.9. The zero-order chi connectivity index (χ0) is 30.3. The van der Waals surface area contributed by atoms with Crippen LogP contribution in [-0.4, -0.2) is 46.7 Å². The molecule has 4 rings (SSSR count). The summed E-state index contributed by atoms with van der Waals surface area (Å²) in [4.78, 5) is 33.8. The van der Waals surface area contributed by atoms with Crippen molar-refractivity contribution in [3.05, 3.63) is 97.1 Å². The van der Waals surface area contributed by atoms with Gasteiger partial charge in [0, 0.05) is 20.3 Å². The fourth-order valence-electron chi connectivity index (χ4n) is 3.66. The summed E-state index contributed by atoms with van der Waals surface area (Å²) in [7, 11) is 0. The Kier molecular flexibility index (Phi) is 17.6. The van der Waals surface area contributed by atoms with Gasteiger partial charge in [-0.2, -0.15) is 14.4 Å². The number of aromatic nitrogens is 4. The molecule has 234 valence electrons. The molecule has 2 aromatic carbocycles. The van der Waals surface area contributed by atoms with E-state index in [9.17, 15) is 14.4 Å². The number of carbonyl (C=O) groups excluding carboxylic acids is 3. The average molecular weight is 827 g/mol. The van der Waals surface area contributed by atoms with Gasteiger partial charge < -0.3 is 62.2 Å². The molecule has 0 atom stereocenters. The summed E-state index contributed by atoms with van der Waals surface area (Å²) in [5.41, 5.74) is 1.13. The quantitative estimate of drug-likeness (QED) is 0.0710. The fourth-order valence-corrected chi connectivity index (χ4v) is 3.66. The van der Waals surface area contributed by atoms with Crippen molar-refractivity contribution in [1.82, 2.24) is 9.13 Å². The van der Waals surface area contributed by atoms with Crippen LogP contribution in [0.5, 0.6) is 11.5 Å². The van der Waals surface area contributed by atoms with Gasteiger partial charge in [0.1, 0.15) is 49.4 Å². The first kappa shape index (κ1) is 38.2. The lowest BCUT2D eigenvalue weighted by atomic mass is 10.2. The second kappa shape index (κ2) is 20.2. The number of benzene rings is 2. The minimum Gasteiger partial charge on any atom is -1.00 e. The molecule has 11 nitrogen and oxygen atoms in total. The van der Waals surface area contributed by atoms with E-state index in [0.717, 1.165) is 18.7 Å².